The van der Waals surface area contributed by atoms with Crippen molar-refractivity contribution in [2.45, 2.75) is 6.54 Å². The molecule has 0 unspecified atom stereocenters. The van der Waals surface area contributed by atoms with Gasteiger partial charge in [0, 0.05) is 49.0 Å². The zero-order valence-electron chi connectivity index (χ0n) is 17.5. The van der Waals surface area contributed by atoms with Gasteiger partial charge < -0.3 is 14.0 Å². The van der Waals surface area contributed by atoms with E-state index < -0.39 is 0 Å². The summed E-state index contributed by atoms with van der Waals surface area (Å²) in [6, 6.07) is 22.9. The number of halogens is 1. The van der Waals surface area contributed by atoms with Gasteiger partial charge in [0.15, 0.2) is 0 Å². The first-order chi connectivity index (χ1) is 15.2. The molecular weight excluding hydrogens is 452 g/mol. The van der Waals surface area contributed by atoms with Crippen molar-refractivity contribution in [3.63, 3.8) is 0 Å². The molecule has 0 N–H and O–H groups in total. The Morgan fingerprint density at radius 3 is 2.42 bits per heavy atom. The lowest BCUT2D eigenvalue weighted by Gasteiger charge is -2.36. The van der Waals surface area contributed by atoms with Crippen LogP contribution in [0.5, 0.6) is 5.75 Å². The number of hydrogen-bond acceptors (Lipinski definition) is 4. The van der Waals surface area contributed by atoms with E-state index in [1.807, 2.05) is 18.2 Å². The number of aromatic nitrogens is 2. The number of para-hydroxylation sites is 2. The van der Waals surface area contributed by atoms with Crippen molar-refractivity contribution in [3.8, 4) is 17.0 Å². The van der Waals surface area contributed by atoms with E-state index in [2.05, 4.69) is 84.9 Å². The first-order valence-corrected chi connectivity index (χ1v) is 11.3. The van der Waals surface area contributed by atoms with Crippen LogP contribution in [0.15, 0.2) is 77.4 Å². The van der Waals surface area contributed by atoms with Crippen molar-refractivity contribution in [2.75, 3.05) is 38.2 Å². The van der Waals surface area contributed by atoms with Gasteiger partial charge in [-0.1, -0.05) is 46.3 Å². The third kappa shape index (κ3) is 4.05. The van der Waals surface area contributed by atoms with Gasteiger partial charge in [-0.3, -0.25) is 4.90 Å². The minimum absolute atomic E-state index is 0.871. The van der Waals surface area contributed by atoms with Gasteiger partial charge in [0.1, 0.15) is 11.4 Å². The van der Waals surface area contributed by atoms with Crippen LogP contribution in [0, 0.1) is 0 Å². The van der Waals surface area contributed by atoms with Crippen molar-refractivity contribution in [3.05, 3.63) is 83.1 Å². The Morgan fingerprint density at radius 2 is 1.65 bits per heavy atom. The van der Waals surface area contributed by atoms with Gasteiger partial charge in [0.25, 0.3) is 0 Å². The number of anilines is 1. The van der Waals surface area contributed by atoms with Gasteiger partial charge >= 0.3 is 0 Å². The largest absolute Gasteiger partial charge is 0.495 e. The Bertz CT molecular complexity index is 1180. The van der Waals surface area contributed by atoms with Crippen LogP contribution in [0.3, 0.4) is 0 Å². The van der Waals surface area contributed by atoms with E-state index >= 15 is 0 Å². The van der Waals surface area contributed by atoms with Crippen molar-refractivity contribution >= 4 is 27.3 Å². The summed E-state index contributed by atoms with van der Waals surface area (Å²) in [5.74, 6) is 0.940. The molecule has 5 nitrogen and oxygen atoms in total. The molecule has 1 saturated heterocycles. The van der Waals surface area contributed by atoms with E-state index in [1.165, 1.54) is 11.4 Å². The van der Waals surface area contributed by atoms with E-state index in [1.54, 1.807) is 7.11 Å². The van der Waals surface area contributed by atoms with Gasteiger partial charge in [-0.15, -0.1) is 0 Å². The van der Waals surface area contributed by atoms with Crippen LogP contribution < -0.4 is 9.64 Å². The molecule has 158 valence electrons. The summed E-state index contributed by atoms with van der Waals surface area (Å²) in [7, 11) is 1.74. The minimum Gasteiger partial charge on any atom is -0.495 e. The van der Waals surface area contributed by atoms with Crippen LogP contribution in [-0.2, 0) is 6.54 Å². The Labute approximate surface area is 191 Å². The van der Waals surface area contributed by atoms with E-state index in [9.17, 15) is 0 Å². The highest BCUT2D eigenvalue weighted by molar-refractivity contribution is 9.10. The highest BCUT2D eigenvalue weighted by Gasteiger charge is 2.22. The van der Waals surface area contributed by atoms with E-state index in [0.29, 0.717) is 0 Å². The third-order valence-electron chi connectivity index (χ3n) is 5.92. The molecule has 0 saturated carbocycles. The molecule has 2 aromatic heterocycles. The molecule has 4 aromatic rings. The van der Waals surface area contributed by atoms with Gasteiger partial charge in [-0.25, -0.2) is 4.98 Å². The second kappa shape index (κ2) is 8.73. The lowest BCUT2D eigenvalue weighted by molar-refractivity contribution is 0.246. The first-order valence-electron chi connectivity index (χ1n) is 10.5. The van der Waals surface area contributed by atoms with Crippen LogP contribution in [-0.4, -0.2) is 47.6 Å². The fourth-order valence-electron chi connectivity index (χ4n) is 4.29. The molecule has 31 heavy (non-hydrogen) atoms. The summed E-state index contributed by atoms with van der Waals surface area (Å²) in [4.78, 5) is 9.89. The molecule has 0 amide bonds. The topological polar surface area (TPSA) is 33.0 Å². The molecule has 0 atom stereocenters. The maximum Gasteiger partial charge on any atom is 0.142 e. The monoisotopic (exact) mass is 476 g/mol. The summed E-state index contributed by atoms with van der Waals surface area (Å²) in [6.07, 6.45) is 2.12. The zero-order valence-corrected chi connectivity index (χ0v) is 19.1. The highest BCUT2D eigenvalue weighted by Crippen LogP contribution is 2.30. The molecule has 2 aromatic carbocycles. The molecule has 6 heteroatoms. The molecule has 0 bridgehead atoms. The number of hydrogen-bond donors (Lipinski definition) is 0. The number of nitrogens with zero attached hydrogens (tertiary/aromatic N) is 4. The predicted molar refractivity (Wildman–Crippen MR) is 129 cm³/mol. The molecule has 0 aliphatic carbocycles. The summed E-state index contributed by atoms with van der Waals surface area (Å²) < 4.78 is 8.87. The summed E-state index contributed by atoms with van der Waals surface area (Å²) in [5.41, 5.74) is 5.61. The van der Waals surface area contributed by atoms with Crippen LogP contribution in [0.25, 0.3) is 16.9 Å². The number of rotatable bonds is 5. The number of benzene rings is 2. The second-order valence-corrected chi connectivity index (χ2v) is 8.69. The molecule has 1 fully saturated rings. The fourth-order valence-corrected chi connectivity index (χ4v) is 4.55. The minimum atomic E-state index is 0.871. The SMILES string of the molecule is COc1ccccc1N1CCN(Cc2c(-c3ccc(Br)cc3)nc3ccccn23)CC1. The van der Waals surface area contributed by atoms with Crippen LogP contribution in [0.2, 0.25) is 0 Å². The van der Waals surface area contributed by atoms with Crippen molar-refractivity contribution in [2.24, 2.45) is 0 Å². The quantitative estimate of drug-likeness (QED) is 0.401. The number of methoxy groups -OCH3 is 1. The number of piperazine rings is 1. The van der Waals surface area contributed by atoms with E-state index in [4.69, 9.17) is 9.72 Å². The van der Waals surface area contributed by atoms with Crippen molar-refractivity contribution in [1.29, 1.82) is 0 Å². The maximum absolute atomic E-state index is 5.56. The highest BCUT2D eigenvalue weighted by atomic mass is 79.9. The van der Waals surface area contributed by atoms with Crippen molar-refractivity contribution in [1.82, 2.24) is 14.3 Å². The van der Waals surface area contributed by atoms with E-state index in [0.717, 1.165) is 59.9 Å². The van der Waals surface area contributed by atoms with Gasteiger partial charge in [-0.2, -0.15) is 0 Å². The first kappa shape index (κ1) is 20.1. The van der Waals surface area contributed by atoms with Gasteiger partial charge in [0.2, 0.25) is 0 Å². The smallest absolute Gasteiger partial charge is 0.142 e. The number of ether oxygens (including phenoxy) is 1. The molecule has 0 spiro atoms. The second-order valence-electron chi connectivity index (χ2n) is 7.78. The van der Waals surface area contributed by atoms with Gasteiger partial charge in [0.05, 0.1) is 24.2 Å². The molecule has 0 radical (unpaired) electrons. The van der Waals surface area contributed by atoms with Gasteiger partial charge in [-0.05, 0) is 36.4 Å². The Balaban J connectivity index is 1.39. The molecule has 3 heterocycles. The number of imidazole rings is 1. The third-order valence-corrected chi connectivity index (χ3v) is 6.45. The predicted octanol–water partition coefficient (Wildman–Crippen LogP) is 5.09. The molecule has 5 rings (SSSR count). The lowest BCUT2D eigenvalue weighted by atomic mass is 10.1. The Kier molecular flexibility index (Phi) is 5.66. The summed E-state index contributed by atoms with van der Waals surface area (Å²) in [6.45, 7) is 4.82. The fraction of sp³-hybridized carbons (Fsp3) is 0.240. The number of pyridine rings is 1. The van der Waals surface area contributed by atoms with E-state index in [-0.39, 0.29) is 0 Å². The molecule has 1 aliphatic rings. The number of fused-ring (bicyclic) bond motifs is 1. The summed E-state index contributed by atoms with van der Waals surface area (Å²) >= 11 is 3.54. The standard InChI is InChI=1S/C25H25BrN4O/c1-31-23-7-3-2-6-21(23)29-16-14-28(15-17-29)18-22-25(19-9-11-20(26)12-10-19)27-24-8-4-5-13-30(22)24/h2-13H,14-18H2,1H3. The zero-order chi connectivity index (χ0) is 21.2. The van der Waals surface area contributed by atoms with Crippen LogP contribution in [0.1, 0.15) is 5.69 Å². The Morgan fingerprint density at radius 1 is 0.903 bits per heavy atom. The summed E-state index contributed by atoms with van der Waals surface area (Å²) in [5, 5.41) is 0. The molecular formula is C25H25BrN4O. The van der Waals surface area contributed by atoms with Crippen molar-refractivity contribution < 1.29 is 4.74 Å². The van der Waals surface area contributed by atoms with Crippen LogP contribution in [0.4, 0.5) is 5.69 Å². The maximum atomic E-state index is 5.56. The average molecular weight is 477 g/mol. The normalized spacial score (nSPS) is 14.8. The molecule has 1 aliphatic heterocycles. The van der Waals surface area contributed by atoms with Crippen LogP contribution >= 0.6 is 15.9 Å². The lowest BCUT2D eigenvalue weighted by Crippen LogP contribution is -2.46. The average Bonchev–Trinajstić information content (AvgIpc) is 3.18. The Hall–Kier alpha value is -2.83.